The highest BCUT2D eigenvalue weighted by molar-refractivity contribution is 8.09. The Hall–Kier alpha value is -2.56. The maximum absolute atomic E-state index is 12.5. The summed E-state index contributed by atoms with van der Waals surface area (Å²) in [6.45, 7) is 0. The van der Waals surface area contributed by atoms with Crippen molar-refractivity contribution < 1.29 is 32.2 Å². The molecule has 2 unspecified atom stereocenters. The fraction of sp³-hybridized carbons (Fsp3) is 0.250. The lowest BCUT2D eigenvalue weighted by atomic mass is 9.64. The first-order valence-corrected chi connectivity index (χ1v) is 13.8. The van der Waals surface area contributed by atoms with E-state index >= 15 is 0 Å². The molecule has 176 valence electrons. The maximum atomic E-state index is 12.5. The van der Waals surface area contributed by atoms with E-state index in [2.05, 4.69) is 0 Å². The second kappa shape index (κ2) is 9.00. The van der Waals surface area contributed by atoms with Crippen LogP contribution in [0, 0.1) is 0 Å². The summed E-state index contributed by atoms with van der Waals surface area (Å²) in [5.41, 5.74) is -0.262. The maximum Gasteiger partial charge on any atom is 0.296 e. The molecule has 0 bridgehead atoms. The molecule has 0 heterocycles. The van der Waals surface area contributed by atoms with Gasteiger partial charge in [-0.25, -0.2) is 16.8 Å². The molecule has 7 nitrogen and oxygen atoms in total. The number of aliphatic hydroxyl groups is 3. The van der Waals surface area contributed by atoms with Gasteiger partial charge in [-0.15, -0.1) is 0 Å². The molecule has 0 radical (unpaired) electrons. The van der Waals surface area contributed by atoms with E-state index in [4.69, 9.17) is 0 Å². The minimum atomic E-state index is -4.82. The zero-order valence-electron chi connectivity index (χ0n) is 18.1. The van der Waals surface area contributed by atoms with Crippen molar-refractivity contribution in [2.24, 2.45) is 0 Å². The van der Waals surface area contributed by atoms with E-state index in [1.165, 1.54) is 0 Å². The van der Waals surface area contributed by atoms with Gasteiger partial charge in [-0.05, 0) is 16.7 Å². The minimum Gasteiger partial charge on any atom is -0.389 e. The third-order valence-electron chi connectivity index (χ3n) is 5.87. The van der Waals surface area contributed by atoms with Crippen molar-refractivity contribution in [3.05, 3.63) is 108 Å². The van der Waals surface area contributed by atoms with Crippen LogP contribution in [0.1, 0.15) is 16.7 Å². The molecule has 2 atom stereocenters. The van der Waals surface area contributed by atoms with E-state index in [-0.39, 0.29) is 0 Å². The van der Waals surface area contributed by atoms with E-state index in [1.54, 1.807) is 91.0 Å². The largest absolute Gasteiger partial charge is 0.389 e. The molecule has 3 N–H and O–H groups in total. The van der Waals surface area contributed by atoms with Crippen molar-refractivity contribution in [2.45, 2.75) is 21.9 Å². The van der Waals surface area contributed by atoms with Gasteiger partial charge in [0.2, 0.25) is 0 Å². The molecule has 0 aliphatic heterocycles. The highest BCUT2D eigenvalue weighted by Gasteiger charge is 2.61. The van der Waals surface area contributed by atoms with Crippen LogP contribution in [0.4, 0.5) is 0 Å². The van der Waals surface area contributed by atoms with Gasteiger partial charge in [0.15, 0.2) is 19.7 Å². The Morgan fingerprint density at radius 2 is 0.848 bits per heavy atom. The summed E-state index contributed by atoms with van der Waals surface area (Å²) in [5, 5.41) is 33.8. The van der Waals surface area contributed by atoms with Crippen LogP contribution < -0.4 is 0 Å². The molecule has 3 rings (SSSR count). The first-order valence-electron chi connectivity index (χ1n) is 10.0. The summed E-state index contributed by atoms with van der Waals surface area (Å²) in [6.07, 6.45) is -3.72. The summed E-state index contributed by atoms with van der Waals surface area (Å²) < 4.78 is 46.3. The quantitative estimate of drug-likeness (QED) is 0.408. The lowest BCUT2D eigenvalue weighted by Crippen LogP contribution is -2.63. The van der Waals surface area contributed by atoms with Gasteiger partial charge in [0.05, 0.1) is 5.41 Å². The normalized spacial score (nSPS) is 15.1. The van der Waals surface area contributed by atoms with Crippen molar-refractivity contribution in [3.8, 4) is 0 Å². The molecule has 9 heteroatoms. The molecular formula is C24H26O7S2. The molecule has 33 heavy (non-hydrogen) atoms. The molecule has 0 aliphatic rings. The monoisotopic (exact) mass is 490 g/mol. The molecule has 0 amide bonds. The second-order valence-electron chi connectivity index (χ2n) is 7.97. The minimum absolute atomic E-state index is 0.457. The van der Waals surface area contributed by atoms with Crippen LogP contribution in [-0.2, 0) is 25.1 Å². The highest BCUT2D eigenvalue weighted by atomic mass is 32.3. The van der Waals surface area contributed by atoms with E-state index in [1.807, 2.05) is 0 Å². The van der Waals surface area contributed by atoms with Crippen LogP contribution in [0.2, 0.25) is 0 Å². The van der Waals surface area contributed by atoms with Crippen molar-refractivity contribution in [3.63, 3.8) is 0 Å². The summed E-state index contributed by atoms with van der Waals surface area (Å²) in [4.78, 5) is 0. The molecule has 0 spiro atoms. The van der Waals surface area contributed by atoms with Crippen molar-refractivity contribution >= 4 is 19.7 Å². The molecule has 0 saturated heterocycles. The Bertz CT molecular complexity index is 1160. The lowest BCUT2D eigenvalue weighted by Gasteiger charge is -2.44. The number of rotatable bonds is 8. The number of hydrogen-bond donors (Lipinski definition) is 3. The molecule has 0 aliphatic carbocycles. The summed E-state index contributed by atoms with van der Waals surface area (Å²) in [7, 11) is -9.63. The van der Waals surface area contributed by atoms with Gasteiger partial charge in [-0.3, -0.25) is 0 Å². The second-order valence-corrected chi connectivity index (χ2v) is 12.6. The van der Waals surface area contributed by atoms with Gasteiger partial charge in [-0.2, -0.15) is 0 Å². The highest BCUT2D eigenvalue weighted by Crippen LogP contribution is 2.45. The molecule has 0 fully saturated rings. The SMILES string of the molecule is CS(=O)(=O)C(O)(C(O)C(O)C(c1ccccc1)(c1ccccc1)c1ccccc1)S(C)(=O)=O. The Kier molecular flexibility index (Phi) is 6.84. The Balaban J connectivity index is 2.44. The number of sulfone groups is 2. The average Bonchev–Trinajstić information content (AvgIpc) is 2.79. The van der Waals surface area contributed by atoms with Crippen molar-refractivity contribution in [2.75, 3.05) is 12.5 Å². The molecule has 3 aromatic rings. The summed E-state index contributed by atoms with van der Waals surface area (Å²) in [6, 6.07) is 25.5. The van der Waals surface area contributed by atoms with Gasteiger partial charge >= 0.3 is 0 Å². The van der Waals surface area contributed by atoms with Crippen LogP contribution in [0.15, 0.2) is 91.0 Å². The predicted molar refractivity (Wildman–Crippen MR) is 126 cm³/mol. The third kappa shape index (κ3) is 4.11. The first kappa shape index (κ1) is 25.1. The lowest BCUT2D eigenvalue weighted by molar-refractivity contribution is -0.0653. The van der Waals surface area contributed by atoms with Gasteiger partial charge in [0.25, 0.3) is 4.27 Å². The smallest absolute Gasteiger partial charge is 0.296 e. The molecule has 3 aromatic carbocycles. The van der Waals surface area contributed by atoms with Crippen LogP contribution in [-0.4, -0.2) is 61.1 Å². The third-order valence-corrected chi connectivity index (χ3v) is 10.3. The van der Waals surface area contributed by atoms with Crippen molar-refractivity contribution in [1.29, 1.82) is 0 Å². The van der Waals surface area contributed by atoms with Crippen LogP contribution in [0.25, 0.3) is 0 Å². The first-order chi connectivity index (χ1) is 15.4. The topological polar surface area (TPSA) is 129 Å². The van der Waals surface area contributed by atoms with Gasteiger partial charge in [-0.1, -0.05) is 91.0 Å². The molecule has 0 saturated carbocycles. The Morgan fingerprint density at radius 3 is 1.09 bits per heavy atom. The van der Waals surface area contributed by atoms with Gasteiger partial charge in [0.1, 0.15) is 12.2 Å². The van der Waals surface area contributed by atoms with E-state index in [9.17, 15) is 32.2 Å². The van der Waals surface area contributed by atoms with E-state index in [0.29, 0.717) is 29.2 Å². The Labute approximate surface area is 193 Å². The fourth-order valence-corrected chi connectivity index (χ4v) is 7.60. The number of benzene rings is 3. The van der Waals surface area contributed by atoms with Gasteiger partial charge in [0, 0.05) is 12.5 Å². The van der Waals surface area contributed by atoms with Crippen LogP contribution in [0.3, 0.4) is 0 Å². The van der Waals surface area contributed by atoms with E-state index < -0.39 is 41.6 Å². The number of aliphatic hydroxyl groups excluding tert-OH is 2. The van der Waals surface area contributed by atoms with E-state index in [0.717, 1.165) is 0 Å². The average molecular weight is 491 g/mol. The number of hydrogen-bond acceptors (Lipinski definition) is 7. The Morgan fingerprint density at radius 1 is 0.576 bits per heavy atom. The fourth-order valence-electron chi connectivity index (χ4n) is 4.27. The summed E-state index contributed by atoms with van der Waals surface area (Å²) >= 11 is 0. The standard InChI is InChI=1S/C24H26O7S2/c1-32(28,29)24(27,33(2,30)31)22(26)21(25)23(18-12-6-3-7-13-18,19-14-8-4-9-15-19)20-16-10-5-11-17-20/h3-17,21-22,25-27H,1-2H3. The zero-order chi connectivity index (χ0) is 24.5. The van der Waals surface area contributed by atoms with Crippen molar-refractivity contribution in [1.82, 2.24) is 0 Å². The zero-order valence-corrected chi connectivity index (χ0v) is 19.7. The molecule has 0 aromatic heterocycles. The van der Waals surface area contributed by atoms with Gasteiger partial charge < -0.3 is 15.3 Å². The predicted octanol–water partition coefficient (Wildman–Crippen LogP) is 1.48. The van der Waals surface area contributed by atoms with Crippen LogP contribution in [0.5, 0.6) is 0 Å². The van der Waals surface area contributed by atoms with Crippen LogP contribution >= 0.6 is 0 Å². The molecular weight excluding hydrogens is 464 g/mol. The summed E-state index contributed by atoms with van der Waals surface area (Å²) in [5.74, 6) is 0.